The van der Waals surface area contributed by atoms with Crippen molar-refractivity contribution in [3.8, 4) is 0 Å². The highest BCUT2D eigenvalue weighted by Crippen LogP contribution is 2.38. The summed E-state index contributed by atoms with van der Waals surface area (Å²) in [5.41, 5.74) is -0.519. The SMILES string of the molecule is CC(C)C1(C(=O)O)CCN(C(=O)c2ncccc2Br)C1. The normalized spacial score (nSPS) is 22.3. The van der Waals surface area contributed by atoms with E-state index in [1.54, 1.807) is 23.2 Å². The molecule has 1 N–H and O–H groups in total. The Morgan fingerprint density at radius 1 is 1.50 bits per heavy atom. The quantitative estimate of drug-likeness (QED) is 0.917. The Hall–Kier alpha value is -1.43. The number of hydrogen-bond donors (Lipinski definition) is 1. The summed E-state index contributed by atoms with van der Waals surface area (Å²) in [7, 11) is 0. The fraction of sp³-hybridized carbons (Fsp3) is 0.500. The Labute approximate surface area is 126 Å². The summed E-state index contributed by atoms with van der Waals surface area (Å²) < 4.78 is 0.627. The van der Waals surface area contributed by atoms with Crippen molar-refractivity contribution in [2.24, 2.45) is 11.3 Å². The molecular formula is C14H17BrN2O3. The number of hydrogen-bond acceptors (Lipinski definition) is 3. The predicted molar refractivity (Wildman–Crippen MR) is 77.4 cm³/mol. The molecule has 20 heavy (non-hydrogen) atoms. The van der Waals surface area contributed by atoms with E-state index < -0.39 is 11.4 Å². The summed E-state index contributed by atoms with van der Waals surface area (Å²) in [6.45, 7) is 4.46. The summed E-state index contributed by atoms with van der Waals surface area (Å²) >= 11 is 3.30. The van der Waals surface area contributed by atoms with E-state index in [1.807, 2.05) is 13.8 Å². The van der Waals surface area contributed by atoms with Gasteiger partial charge in [0.25, 0.3) is 5.91 Å². The number of carboxylic acids is 1. The number of carbonyl (C=O) groups is 2. The molecule has 0 aliphatic carbocycles. The number of carbonyl (C=O) groups excluding carboxylic acids is 1. The first kappa shape index (κ1) is 15.0. The molecule has 1 aromatic heterocycles. The Balaban J connectivity index is 2.23. The van der Waals surface area contributed by atoms with Crippen LogP contribution in [0.2, 0.25) is 0 Å². The smallest absolute Gasteiger partial charge is 0.311 e. The zero-order valence-corrected chi connectivity index (χ0v) is 13.1. The molecule has 5 nitrogen and oxygen atoms in total. The van der Waals surface area contributed by atoms with Crippen LogP contribution in [0, 0.1) is 11.3 Å². The van der Waals surface area contributed by atoms with Gasteiger partial charge in [-0.1, -0.05) is 13.8 Å². The van der Waals surface area contributed by atoms with Crippen molar-refractivity contribution in [3.63, 3.8) is 0 Å². The van der Waals surface area contributed by atoms with E-state index in [9.17, 15) is 14.7 Å². The van der Waals surface area contributed by atoms with Crippen LogP contribution in [0.3, 0.4) is 0 Å². The van der Waals surface area contributed by atoms with Crippen LogP contribution in [0.15, 0.2) is 22.8 Å². The molecule has 2 heterocycles. The van der Waals surface area contributed by atoms with Gasteiger partial charge in [0, 0.05) is 23.8 Å². The van der Waals surface area contributed by atoms with Crippen LogP contribution in [0.25, 0.3) is 0 Å². The maximum atomic E-state index is 12.4. The van der Waals surface area contributed by atoms with E-state index in [0.717, 1.165) is 0 Å². The second-order valence-electron chi connectivity index (χ2n) is 5.43. The minimum absolute atomic E-state index is 0.0232. The van der Waals surface area contributed by atoms with Gasteiger partial charge in [0.2, 0.25) is 0 Å². The molecule has 1 aliphatic heterocycles. The number of likely N-dealkylation sites (tertiary alicyclic amines) is 1. The minimum atomic E-state index is -0.850. The first-order valence-electron chi connectivity index (χ1n) is 6.51. The van der Waals surface area contributed by atoms with E-state index >= 15 is 0 Å². The van der Waals surface area contributed by atoms with Gasteiger partial charge < -0.3 is 10.0 Å². The van der Waals surface area contributed by atoms with Gasteiger partial charge in [-0.2, -0.15) is 0 Å². The topological polar surface area (TPSA) is 70.5 Å². The second kappa shape index (κ2) is 5.52. The van der Waals surface area contributed by atoms with E-state index in [-0.39, 0.29) is 18.4 Å². The number of amides is 1. The highest BCUT2D eigenvalue weighted by atomic mass is 79.9. The van der Waals surface area contributed by atoms with Crippen LogP contribution in [0.5, 0.6) is 0 Å². The molecule has 6 heteroatoms. The molecule has 0 aromatic carbocycles. The van der Waals surface area contributed by atoms with Crippen LogP contribution < -0.4 is 0 Å². The first-order chi connectivity index (χ1) is 9.38. The summed E-state index contributed by atoms with van der Waals surface area (Å²) in [6.07, 6.45) is 2.04. The van der Waals surface area contributed by atoms with Crippen LogP contribution in [-0.2, 0) is 4.79 Å². The molecule has 1 atom stereocenters. The lowest BCUT2D eigenvalue weighted by Gasteiger charge is -2.28. The Kier molecular flexibility index (Phi) is 4.13. The van der Waals surface area contributed by atoms with Crippen molar-refractivity contribution in [2.75, 3.05) is 13.1 Å². The predicted octanol–water partition coefficient (Wildman–Crippen LogP) is 2.42. The van der Waals surface area contributed by atoms with Gasteiger partial charge in [0.15, 0.2) is 0 Å². The van der Waals surface area contributed by atoms with Crippen LogP contribution >= 0.6 is 15.9 Å². The summed E-state index contributed by atoms with van der Waals surface area (Å²) in [5, 5.41) is 9.50. The van der Waals surface area contributed by atoms with Gasteiger partial charge in [0.1, 0.15) is 5.69 Å². The van der Waals surface area contributed by atoms with Crippen LogP contribution in [0.1, 0.15) is 30.8 Å². The lowest BCUT2D eigenvalue weighted by atomic mass is 9.76. The highest BCUT2D eigenvalue weighted by Gasteiger charge is 2.48. The van der Waals surface area contributed by atoms with Crippen LogP contribution in [0.4, 0.5) is 0 Å². The second-order valence-corrected chi connectivity index (χ2v) is 6.28. The molecule has 0 bridgehead atoms. The average molecular weight is 341 g/mol. The third kappa shape index (κ3) is 2.44. The van der Waals surface area contributed by atoms with Gasteiger partial charge in [-0.3, -0.25) is 9.59 Å². The van der Waals surface area contributed by atoms with Crippen molar-refractivity contribution in [2.45, 2.75) is 20.3 Å². The average Bonchev–Trinajstić information content (AvgIpc) is 2.85. The molecule has 0 saturated carbocycles. The maximum absolute atomic E-state index is 12.4. The molecule has 108 valence electrons. The van der Waals surface area contributed by atoms with Gasteiger partial charge in [-0.05, 0) is 40.4 Å². The summed E-state index contributed by atoms with van der Waals surface area (Å²) in [6, 6.07) is 3.49. The molecular weight excluding hydrogens is 324 g/mol. The van der Waals surface area contributed by atoms with Crippen molar-refractivity contribution >= 4 is 27.8 Å². The number of aromatic nitrogens is 1. The molecule has 1 fully saturated rings. The number of aliphatic carboxylic acids is 1. The first-order valence-corrected chi connectivity index (χ1v) is 7.31. The Bertz CT molecular complexity index is 547. The fourth-order valence-electron chi connectivity index (χ4n) is 2.59. The van der Waals surface area contributed by atoms with Crippen molar-refractivity contribution < 1.29 is 14.7 Å². The number of nitrogens with zero attached hydrogens (tertiary/aromatic N) is 2. The van der Waals surface area contributed by atoms with E-state index in [0.29, 0.717) is 23.1 Å². The van der Waals surface area contributed by atoms with E-state index in [4.69, 9.17) is 0 Å². The molecule has 1 aromatic rings. The molecule has 1 amide bonds. The van der Waals surface area contributed by atoms with E-state index in [2.05, 4.69) is 20.9 Å². The summed E-state index contributed by atoms with van der Waals surface area (Å²) in [4.78, 5) is 29.7. The number of halogens is 1. The standard InChI is InChI=1S/C14H17BrN2O3/c1-9(2)14(13(19)20)5-7-17(8-14)12(18)11-10(15)4-3-6-16-11/h3-4,6,9H,5,7-8H2,1-2H3,(H,19,20). The van der Waals surface area contributed by atoms with E-state index in [1.165, 1.54) is 0 Å². The lowest BCUT2D eigenvalue weighted by Crippen LogP contribution is -2.40. The van der Waals surface area contributed by atoms with Gasteiger partial charge in [-0.15, -0.1) is 0 Å². The Morgan fingerprint density at radius 3 is 2.70 bits per heavy atom. The molecule has 1 unspecified atom stereocenters. The molecule has 1 aliphatic rings. The number of carboxylic acid groups (broad SMARTS) is 1. The third-order valence-electron chi connectivity index (χ3n) is 4.08. The van der Waals surface area contributed by atoms with Crippen LogP contribution in [-0.4, -0.2) is 40.0 Å². The maximum Gasteiger partial charge on any atom is 0.311 e. The molecule has 0 radical (unpaired) electrons. The third-order valence-corrected chi connectivity index (χ3v) is 4.72. The fourth-order valence-corrected chi connectivity index (χ4v) is 3.02. The highest BCUT2D eigenvalue weighted by molar-refractivity contribution is 9.10. The monoisotopic (exact) mass is 340 g/mol. The van der Waals surface area contributed by atoms with Crippen molar-refractivity contribution in [3.05, 3.63) is 28.5 Å². The number of rotatable bonds is 3. The molecule has 1 saturated heterocycles. The van der Waals surface area contributed by atoms with Crippen molar-refractivity contribution in [1.29, 1.82) is 0 Å². The largest absolute Gasteiger partial charge is 0.481 e. The Morgan fingerprint density at radius 2 is 2.20 bits per heavy atom. The lowest BCUT2D eigenvalue weighted by molar-refractivity contribution is -0.150. The van der Waals surface area contributed by atoms with Gasteiger partial charge >= 0.3 is 5.97 Å². The zero-order valence-electron chi connectivity index (χ0n) is 11.5. The van der Waals surface area contributed by atoms with Gasteiger partial charge in [0.05, 0.1) is 5.41 Å². The van der Waals surface area contributed by atoms with Gasteiger partial charge in [-0.25, -0.2) is 4.98 Å². The minimum Gasteiger partial charge on any atom is -0.481 e. The van der Waals surface area contributed by atoms with Crippen molar-refractivity contribution in [1.82, 2.24) is 9.88 Å². The molecule has 2 rings (SSSR count). The zero-order chi connectivity index (χ0) is 14.9. The number of pyridine rings is 1. The molecule has 0 spiro atoms. The summed E-state index contributed by atoms with van der Waals surface area (Å²) in [5.74, 6) is -1.07.